The Morgan fingerprint density at radius 3 is 2.27 bits per heavy atom. The zero-order valence-electron chi connectivity index (χ0n) is 30.5. The lowest BCUT2D eigenvalue weighted by molar-refractivity contribution is -0.144. The number of halogens is 6. The predicted molar refractivity (Wildman–Crippen MR) is 193 cm³/mol. The van der Waals surface area contributed by atoms with Crippen LogP contribution in [0.3, 0.4) is 0 Å². The number of nitrogens with zero attached hydrogens (tertiary/aromatic N) is 5. The molecule has 0 radical (unpaired) electrons. The number of pyridine rings is 1. The van der Waals surface area contributed by atoms with E-state index in [4.69, 9.17) is 4.74 Å². The molecular formula is C40H42F6N6O4. The molecule has 4 fully saturated rings. The van der Waals surface area contributed by atoms with Crippen molar-refractivity contribution < 1.29 is 45.8 Å². The summed E-state index contributed by atoms with van der Waals surface area (Å²) in [6, 6.07) is 7.41. The van der Waals surface area contributed by atoms with Crippen molar-refractivity contribution >= 4 is 28.6 Å². The number of amides is 1. The SMILES string of the molecule is O=C(NC1CC2CC(C1)CC(C(=O)O)C2)c1cnc(-c2cn(C3CCC(F)(F)CC3)c3cc(OC4CCN(c5ccc(F)cn5)CC4)ccc23)nc1C(F)(F)F. The smallest absolute Gasteiger partial charge is 0.434 e. The van der Waals surface area contributed by atoms with Crippen molar-refractivity contribution in [3.05, 3.63) is 66.0 Å². The first-order chi connectivity index (χ1) is 26.7. The van der Waals surface area contributed by atoms with E-state index >= 15 is 0 Å². The van der Waals surface area contributed by atoms with Crippen LogP contribution in [-0.4, -0.2) is 67.7 Å². The average molecular weight is 785 g/mol. The summed E-state index contributed by atoms with van der Waals surface area (Å²) in [6.45, 7) is 1.26. The molecule has 10 nitrogen and oxygen atoms in total. The van der Waals surface area contributed by atoms with E-state index in [1.165, 1.54) is 12.3 Å². The number of alkyl halides is 5. The molecule has 56 heavy (non-hydrogen) atoms. The number of hydrogen-bond donors (Lipinski definition) is 2. The number of hydrogen-bond acceptors (Lipinski definition) is 7. The van der Waals surface area contributed by atoms with Crippen LogP contribution >= 0.6 is 0 Å². The molecule has 2 atom stereocenters. The van der Waals surface area contributed by atoms with E-state index in [1.54, 1.807) is 30.5 Å². The summed E-state index contributed by atoms with van der Waals surface area (Å²) in [5.41, 5.74) is -1.26. The van der Waals surface area contributed by atoms with Crippen molar-refractivity contribution in [1.29, 1.82) is 0 Å². The number of carbonyl (C=O) groups is 2. The molecule has 4 heterocycles. The molecule has 2 N–H and O–H groups in total. The first-order valence-electron chi connectivity index (χ1n) is 19.2. The normalized spacial score (nSPS) is 24.6. The minimum Gasteiger partial charge on any atom is -0.490 e. The molecule has 4 aliphatic rings. The maximum atomic E-state index is 14.6. The molecule has 0 spiro atoms. The van der Waals surface area contributed by atoms with Crippen molar-refractivity contribution in [2.75, 3.05) is 18.0 Å². The lowest BCUT2D eigenvalue weighted by Crippen LogP contribution is -2.44. The molecular weight excluding hydrogens is 742 g/mol. The number of aromatic nitrogens is 4. The number of benzene rings is 1. The molecule has 2 bridgehead atoms. The summed E-state index contributed by atoms with van der Waals surface area (Å²) in [5, 5.41) is 12.7. The van der Waals surface area contributed by atoms with Crippen LogP contribution in [0.1, 0.15) is 92.7 Å². The lowest BCUT2D eigenvalue weighted by Gasteiger charge is -2.41. The van der Waals surface area contributed by atoms with Gasteiger partial charge in [0.25, 0.3) is 5.91 Å². The van der Waals surface area contributed by atoms with Gasteiger partial charge in [-0.15, -0.1) is 0 Å². The Morgan fingerprint density at radius 1 is 0.911 bits per heavy atom. The topological polar surface area (TPSA) is 122 Å². The van der Waals surface area contributed by atoms with E-state index in [2.05, 4.69) is 20.3 Å². The molecule has 8 rings (SSSR count). The lowest BCUT2D eigenvalue weighted by atomic mass is 9.66. The Hall–Kier alpha value is -4.89. The van der Waals surface area contributed by atoms with Gasteiger partial charge in [0.1, 0.15) is 23.5 Å². The molecule has 16 heteroatoms. The van der Waals surface area contributed by atoms with Gasteiger partial charge >= 0.3 is 12.1 Å². The van der Waals surface area contributed by atoms with Crippen LogP contribution in [0.25, 0.3) is 22.3 Å². The number of carbonyl (C=O) groups excluding carboxylic acids is 1. The number of aliphatic carboxylic acids is 1. The van der Waals surface area contributed by atoms with Crippen molar-refractivity contribution in [3.8, 4) is 17.1 Å². The van der Waals surface area contributed by atoms with E-state index in [-0.39, 0.29) is 61.1 Å². The van der Waals surface area contributed by atoms with Gasteiger partial charge in [-0.1, -0.05) is 0 Å². The number of nitrogens with one attached hydrogen (secondary N) is 1. The zero-order valence-corrected chi connectivity index (χ0v) is 30.5. The standard InChI is InChI=1S/C40H42F6N6O4/c41-25-1-4-34(47-19-25)51-11-7-28(8-12-51)56-29-2-3-30-32(21-52(33(30)18-29)27-5-9-39(42,43)10-6-27)36-48-20-31(35(50-36)40(44,45)46)37(53)49-26-16-22-13-23(17-26)15-24(14-22)38(54)55/h1-4,18-24,26-28H,5-17H2,(H,49,53)(H,54,55). The van der Waals surface area contributed by atoms with E-state index in [9.17, 15) is 41.0 Å². The monoisotopic (exact) mass is 784 g/mol. The second-order valence-electron chi connectivity index (χ2n) is 15.9. The van der Waals surface area contributed by atoms with Gasteiger partial charge in [-0.3, -0.25) is 9.59 Å². The quantitative estimate of drug-likeness (QED) is 0.171. The molecule has 3 aliphatic carbocycles. The zero-order chi connectivity index (χ0) is 39.4. The molecule has 3 aromatic heterocycles. The van der Waals surface area contributed by atoms with Gasteiger partial charge in [0.15, 0.2) is 11.5 Å². The van der Waals surface area contributed by atoms with Crippen LogP contribution in [0.2, 0.25) is 0 Å². The van der Waals surface area contributed by atoms with E-state index in [1.807, 2.05) is 9.47 Å². The number of fused-ring (bicyclic) bond motifs is 3. The molecule has 1 aromatic carbocycles. The fourth-order valence-electron chi connectivity index (χ4n) is 9.37. The Labute approximate surface area is 318 Å². The van der Waals surface area contributed by atoms with Crippen LogP contribution < -0.4 is 15.0 Å². The van der Waals surface area contributed by atoms with Crippen LogP contribution in [0, 0.1) is 23.6 Å². The molecule has 2 unspecified atom stereocenters. The molecule has 1 aliphatic heterocycles. The third-order valence-corrected chi connectivity index (χ3v) is 12.0. The maximum absolute atomic E-state index is 14.6. The highest BCUT2D eigenvalue weighted by Gasteiger charge is 2.42. The van der Waals surface area contributed by atoms with Crippen molar-refractivity contribution in [1.82, 2.24) is 24.8 Å². The Morgan fingerprint density at radius 2 is 1.62 bits per heavy atom. The molecule has 1 saturated heterocycles. The molecule has 298 valence electrons. The van der Waals surface area contributed by atoms with Crippen molar-refractivity contribution in [3.63, 3.8) is 0 Å². The van der Waals surface area contributed by atoms with E-state index in [0.717, 1.165) is 12.6 Å². The number of carboxylic acid groups (broad SMARTS) is 1. The third kappa shape index (κ3) is 8.01. The van der Waals surface area contributed by atoms with Crippen LogP contribution in [0.4, 0.5) is 32.2 Å². The van der Waals surface area contributed by atoms with E-state index < -0.39 is 53.0 Å². The van der Waals surface area contributed by atoms with Crippen LogP contribution in [0.15, 0.2) is 48.9 Å². The molecule has 1 amide bonds. The van der Waals surface area contributed by atoms with Gasteiger partial charge in [0, 0.05) is 80.3 Å². The second-order valence-corrected chi connectivity index (χ2v) is 15.9. The summed E-state index contributed by atoms with van der Waals surface area (Å²) in [7, 11) is 0. The summed E-state index contributed by atoms with van der Waals surface area (Å²) >= 11 is 0. The average Bonchev–Trinajstić information content (AvgIpc) is 3.53. The highest BCUT2D eigenvalue weighted by molar-refractivity contribution is 5.97. The molecule has 3 saturated carbocycles. The largest absolute Gasteiger partial charge is 0.490 e. The van der Waals surface area contributed by atoms with Crippen LogP contribution in [0.5, 0.6) is 5.75 Å². The van der Waals surface area contributed by atoms with Gasteiger partial charge in [0.05, 0.1) is 23.2 Å². The van der Waals surface area contributed by atoms with Crippen molar-refractivity contribution in [2.45, 2.75) is 101 Å². The molecule has 4 aromatic rings. The summed E-state index contributed by atoms with van der Waals surface area (Å²) in [4.78, 5) is 39.4. The van der Waals surface area contributed by atoms with Gasteiger partial charge in [-0.2, -0.15) is 13.2 Å². The number of anilines is 1. The Kier molecular flexibility index (Phi) is 10.1. The highest BCUT2D eigenvalue weighted by atomic mass is 19.4. The summed E-state index contributed by atoms with van der Waals surface area (Å²) < 4.78 is 94.0. The Balaban J connectivity index is 1.05. The van der Waals surface area contributed by atoms with Gasteiger partial charge in [-0.25, -0.2) is 28.1 Å². The predicted octanol–water partition coefficient (Wildman–Crippen LogP) is 8.46. The maximum Gasteiger partial charge on any atom is 0.434 e. The number of ether oxygens (including phenoxy) is 1. The summed E-state index contributed by atoms with van der Waals surface area (Å²) in [6.07, 6.45) is 2.23. The Bertz CT molecular complexity index is 2080. The number of carboxylic acids is 1. The van der Waals surface area contributed by atoms with Gasteiger partial charge in [-0.05, 0) is 81.0 Å². The summed E-state index contributed by atoms with van der Waals surface area (Å²) in [5.74, 6) is -4.42. The van der Waals surface area contributed by atoms with Crippen LogP contribution in [-0.2, 0) is 11.0 Å². The minimum absolute atomic E-state index is 0.0617. The minimum atomic E-state index is -5.00. The number of piperidine rings is 1. The van der Waals surface area contributed by atoms with Gasteiger partial charge < -0.3 is 24.6 Å². The van der Waals surface area contributed by atoms with Gasteiger partial charge in [0.2, 0.25) is 5.92 Å². The van der Waals surface area contributed by atoms with Crippen molar-refractivity contribution in [2.24, 2.45) is 17.8 Å². The second kappa shape index (κ2) is 14.9. The highest BCUT2D eigenvalue weighted by Crippen LogP contribution is 2.44. The first kappa shape index (κ1) is 38.0. The van der Waals surface area contributed by atoms with E-state index in [0.29, 0.717) is 74.1 Å². The number of rotatable bonds is 8. The first-order valence-corrected chi connectivity index (χ1v) is 19.2. The fraction of sp³-hybridized carbons (Fsp3) is 0.525. The third-order valence-electron chi connectivity index (χ3n) is 12.0. The fourth-order valence-corrected chi connectivity index (χ4v) is 9.37.